The lowest BCUT2D eigenvalue weighted by atomic mass is 10.1. The minimum absolute atomic E-state index is 0.0224. The first kappa shape index (κ1) is 20.2. The average Bonchev–Trinajstić information content (AvgIpc) is 3.40. The van der Waals surface area contributed by atoms with E-state index in [2.05, 4.69) is 20.3 Å². The monoisotopic (exact) mass is 422 g/mol. The molecule has 3 N–H and O–H groups in total. The van der Waals surface area contributed by atoms with Crippen molar-refractivity contribution in [1.29, 1.82) is 0 Å². The number of aromatic nitrogens is 4. The highest BCUT2D eigenvalue weighted by atomic mass is 16.5. The predicted octanol–water partition coefficient (Wildman–Crippen LogP) is 3.11. The number of rotatable bonds is 7. The summed E-state index contributed by atoms with van der Waals surface area (Å²) in [7, 11) is 3.60. The highest BCUT2D eigenvalue weighted by molar-refractivity contribution is 6.02. The smallest absolute Gasteiger partial charge is 0.357 e. The Bertz CT molecular complexity index is 1250. The molecule has 2 aromatic heterocycles. The van der Waals surface area contributed by atoms with E-state index in [4.69, 9.17) is 4.52 Å². The Balaban J connectivity index is 1.67. The summed E-state index contributed by atoms with van der Waals surface area (Å²) in [5.74, 6) is -0.381. The number of carbonyl (C=O) groups is 1. The molecule has 160 valence electrons. The molecule has 0 aliphatic carbocycles. The van der Waals surface area contributed by atoms with E-state index in [1.807, 2.05) is 30.0 Å². The van der Waals surface area contributed by atoms with Gasteiger partial charge in [-0.15, -0.1) is 0 Å². The highest BCUT2D eigenvalue weighted by Gasteiger charge is 2.19. The number of nitrogens with one attached hydrogen (secondary N) is 1. The molecular formula is C21H22N6O4. The van der Waals surface area contributed by atoms with E-state index in [-0.39, 0.29) is 17.3 Å². The van der Waals surface area contributed by atoms with E-state index in [0.717, 1.165) is 5.69 Å². The molecule has 0 saturated heterocycles. The van der Waals surface area contributed by atoms with Crippen LogP contribution in [0.4, 0.5) is 11.6 Å². The lowest BCUT2D eigenvalue weighted by Gasteiger charge is -2.24. The fourth-order valence-corrected chi connectivity index (χ4v) is 3.35. The number of carboxylic acid groups (broad SMARTS) is 1. The summed E-state index contributed by atoms with van der Waals surface area (Å²) in [4.78, 5) is 19.5. The number of anilines is 2. The number of hydrogen-bond donors (Lipinski definition) is 3. The van der Waals surface area contributed by atoms with Gasteiger partial charge in [-0.1, -0.05) is 12.1 Å². The molecule has 4 rings (SSSR count). The lowest BCUT2D eigenvalue weighted by Crippen LogP contribution is -2.22. The van der Waals surface area contributed by atoms with Crippen molar-refractivity contribution in [1.82, 2.24) is 20.3 Å². The topological polar surface area (TPSA) is 132 Å². The molecule has 0 saturated carbocycles. The van der Waals surface area contributed by atoms with Crippen LogP contribution in [0.3, 0.4) is 0 Å². The van der Waals surface area contributed by atoms with Gasteiger partial charge in [0, 0.05) is 43.8 Å². The Morgan fingerprint density at radius 1 is 1.23 bits per heavy atom. The number of benzene rings is 2. The molecule has 0 amide bonds. The van der Waals surface area contributed by atoms with Gasteiger partial charge in [0.15, 0.2) is 5.69 Å². The summed E-state index contributed by atoms with van der Waals surface area (Å²) in [5, 5.41) is 31.3. The van der Waals surface area contributed by atoms with Gasteiger partial charge in [-0.3, -0.25) is 5.10 Å². The summed E-state index contributed by atoms with van der Waals surface area (Å²) in [6.45, 7) is 3.03. The minimum Gasteiger partial charge on any atom is -0.507 e. The van der Waals surface area contributed by atoms with E-state index >= 15 is 0 Å². The van der Waals surface area contributed by atoms with Crippen molar-refractivity contribution in [2.75, 3.05) is 30.4 Å². The Morgan fingerprint density at radius 3 is 2.71 bits per heavy atom. The Labute approximate surface area is 177 Å². The molecule has 31 heavy (non-hydrogen) atoms. The molecule has 4 aromatic rings. The van der Waals surface area contributed by atoms with E-state index in [1.165, 1.54) is 0 Å². The zero-order valence-electron chi connectivity index (χ0n) is 17.3. The van der Waals surface area contributed by atoms with Gasteiger partial charge in [0.05, 0.1) is 11.1 Å². The zero-order chi connectivity index (χ0) is 22.1. The van der Waals surface area contributed by atoms with Crippen molar-refractivity contribution < 1.29 is 19.5 Å². The molecule has 0 aliphatic rings. The van der Waals surface area contributed by atoms with E-state index in [9.17, 15) is 15.0 Å². The average molecular weight is 422 g/mol. The number of aromatic hydroxyl groups is 1. The molecule has 2 heterocycles. The standard InChI is InChI=1S/C21H22N6O4/c1-4-27(13-8-9-16-15(10-13)17(20(29)30)24-23-16)11-12-6-5-7-14(18(12)28)19-22-21(25-31-19)26(2)3/h5-10,28H,4,11H2,1-3H3,(H,23,24)(H,29,30). The van der Waals surface area contributed by atoms with Crippen LogP contribution in [0.25, 0.3) is 22.4 Å². The second-order valence-electron chi connectivity index (χ2n) is 7.23. The number of aromatic amines is 1. The van der Waals surface area contributed by atoms with Crippen LogP contribution in [-0.4, -0.2) is 57.2 Å². The van der Waals surface area contributed by atoms with Gasteiger partial charge in [-0.2, -0.15) is 10.1 Å². The SMILES string of the molecule is CCN(Cc1cccc(-c2nc(N(C)C)no2)c1O)c1ccc2[nH]nc(C(=O)O)c2c1. The summed E-state index contributed by atoms with van der Waals surface area (Å²) < 4.78 is 5.30. The molecule has 0 atom stereocenters. The van der Waals surface area contributed by atoms with Crippen LogP contribution in [0.1, 0.15) is 23.0 Å². The molecule has 0 radical (unpaired) electrons. The summed E-state index contributed by atoms with van der Waals surface area (Å²) in [6, 6.07) is 10.8. The fourth-order valence-electron chi connectivity index (χ4n) is 3.35. The van der Waals surface area contributed by atoms with Crippen molar-refractivity contribution in [3.05, 3.63) is 47.7 Å². The Hall–Kier alpha value is -4.08. The predicted molar refractivity (Wildman–Crippen MR) is 116 cm³/mol. The summed E-state index contributed by atoms with van der Waals surface area (Å²) >= 11 is 0. The lowest BCUT2D eigenvalue weighted by molar-refractivity contribution is 0.0692. The van der Waals surface area contributed by atoms with Crippen LogP contribution in [0.5, 0.6) is 5.75 Å². The van der Waals surface area contributed by atoms with Crippen molar-refractivity contribution >= 4 is 28.5 Å². The number of hydrogen-bond acceptors (Lipinski definition) is 8. The van der Waals surface area contributed by atoms with Crippen molar-refractivity contribution in [2.24, 2.45) is 0 Å². The second-order valence-corrected chi connectivity index (χ2v) is 7.23. The number of phenolic OH excluding ortho intramolecular Hbond substituents is 1. The van der Waals surface area contributed by atoms with Gasteiger partial charge in [-0.05, 0) is 36.3 Å². The van der Waals surface area contributed by atoms with Gasteiger partial charge in [0.25, 0.3) is 11.8 Å². The number of aromatic carboxylic acids is 1. The van der Waals surface area contributed by atoms with Crippen LogP contribution >= 0.6 is 0 Å². The Kier molecular flexibility index (Phi) is 5.20. The van der Waals surface area contributed by atoms with Gasteiger partial charge in [-0.25, -0.2) is 4.79 Å². The summed E-state index contributed by atoms with van der Waals surface area (Å²) in [5.41, 5.74) is 2.57. The Morgan fingerprint density at radius 2 is 2.03 bits per heavy atom. The largest absolute Gasteiger partial charge is 0.507 e. The van der Waals surface area contributed by atoms with Gasteiger partial charge >= 0.3 is 5.97 Å². The molecule has 0 spiro atoms. The van der Waals surface area contributed by atoms with Gasteiger partial charge in [0.2, 0.25) is 0 Å². The number of H-pyrrole nitrogens is 1. The number of fused-ring (bicyclic) bond motifs is 1. The molecular weight excluding hydrogens is 400 g/mol. The second kappa shape index (κ2) is 7.98. The first-order valence-electron chi connectivity index (χ1n) is 9.67. The van der Waals surface area contributed by atoms with Gasteiger partial charge < -0.3 is 24.5 Å². The van der Waals surface area contributed by atoms with Crippen LogP contribution in [-0.2, 0) is 6.54 Å². The molecule has 0 unspecified atom stereocenters. The zero-order valence-corrected chi connectivity index (χ0v) is 17.3. The first-order chi connectivity index (χ1) is 14.9. The maximum atomic E-state index is 11.4. The third-order valence-electron chi connectivity index (χ3n) is 5.02. The molecule has 0 bridgehead atoms. The minimum atomic E-state index is -1.09. The van der Waals surface area contributed by atoms with Crippen LogP contribution in [0.15, 0.2) is 40.9 Å². The van der Waals surface area contributed by atoms with Crippen molar-refractivity contribution in [2.45, 2.75) is 13.5 Å². The molecule has 0 aliphatic heterocycles. The fraction of sp³-hybridized carbons (Fsp3) is 0.238. The van der Waals surface area contributed by atoms with Crippen LogP contribution in [0, 0.1) is 0 Å². The number of phenols is 1. The molecule has 2 aromatic carbocycles. The van der Waals surface area contributed by atoms with Gasteiger partial charge in [0.1, 0.15) is 5.75 Å². The molecule has 0 fully saturated rings. The van der Waals surface area contributed by atoms with Crippen molar-refractivity contribution in [3.8, 4) is 17.2 Å². The summed E-state index contributed by atoms with van der Waals surface area (Å²) in [6.07, 6.45) is 0. The van der Waals surface area contributed by atoms with E-state index in [0.29, 0.717) is 41.1 Å². The third kappa shape index (κ3) is 3.75. The van der Waals surface area contributed by atoms with Crippen molar-refractivity contribution in [3.63, 3.8) is 0 Å². The van der Waals surface area contributed by atoms with Crippen LogP contribution in [0.2, 0.25) is 0 Å². The maximum absolute atomic E-state index is 11.4. The highest BCUT2D eigenvalue weighted by Crippen LogP contribution is 2.34. The molecule has 10 heteroatoms. The van der Waals surface area contributed by atoms with Crippen LogP contribution < -0.4 is 9.80 Å². The number of nitrogens with zero attached hydrogens (tertiary/aromatic N) is 5. The molecule has 10 nitrogen and oxygen atoms in total. The van der Waals surface area contributed by atoms with E-state index in [1.54, 1.807) is 37.2 Å². The first-order valence-corrected chi connectivity index (χ1v) is 9.67. The quantitative estimate of drug-likeness (QED) is 0.411. The number of carboxylic acids is 1. The maximum Gasteiger partial charge on any atom is 0.357 e. The number of para-hydroxylation sites is 1. The third-order valence-corrected chi connectivity index (χ3v) is 5.02. The van der Waals surface area contributed by atoms with E-state index < -0.39 is 5.97 Å². The normalized spacial score (nSPS) is 11.1.